The van der Waals surface area contributed by atoms with Crippen molar-refractivity contribution in [1.29, 1.82) is 0 Å². The molecule has 11 aromatic rings. The molecule has 0 saturated heterocycles. The summed E-state index contributed by atoms with van der Waals surface area (Å²) < 4.78 is 13.5. The molecule has 0 fully saturated rings. The first-order valence-corrected chi connectivity index (χ1v) is 23.8. The predicted octanol–water partition coefficient (Wildman–Crippen LogP) is 16.9. The maximum Gasteiger partial charge on any atom is 0.132 e. The molecular formula is C66H41NO2. The van der Waals surface area contributed by atoms with Gasteiger partial charge in [0.1, 0.15) is 23.0 Å². The molecule has 2 spiro atoms. The van der Waals surface area contributed by atoms with Crippen LogP contribution in [0.2, 0.25) is 0 Å². The molecule has 0 atom stereocenters. The Kier molecular flexibility index (Phi) is 7.92. The standard InChI is InChI=1S/C66H41NO2/c1-2-17-42(18-3-1)43-33-36-45(37-34-43)67(58-28-16-27-56-64(58)48-21-6-7-22-50(48)65(56)52-23-8-12-29-59(52)68-60-30-13-9-24-53(60)65)46-38-40-51-49(41-46)63-47-20-5-4-19-44(47)35-39-57(63)66(51)54-25-10-14-31-61(54)69-62-32-15-11-26-55(62)66/h1-41H. The minimum absolute atomic E-state index is 0.607. The van der Waals surface area contributed by atoms with Crippen molar-refractivity contribution in [2.75, 3.05) is 4.90 Å². The van der Waals surface area contributed by atoms with Gasteiger partial charge in [0.05, 0.1) is 16.5 Å². The summed E-state index contributed by atoms with van der Waals surface area (Å²) in [4.78, 5) is 2.50. The molecule has 2 heterocycles. The Balaban J connectivity index is 1.03. The van der Waals surface area contributed by atoms with Gasteiger partial charge in [0, 0.05) is 39.2 Å². The molecule has 11 aromatic carbocycles. The Morgan fingerprint density at radius 3 is 1.39 bits per heavy atom. The molecule has 0 N–H and O–H groups in total. The molecule has 0 unspecified atom stereocenters. The second kappa shape index (κ2) is 14.3. The Labute approximate surface area is 400 Å². The van der Waals surface area contributed by atoms with Gasteiger partial charge in [-0.15, -0.1) is 0 Å². The highest BCUT2D eigenvalue weighted by molar-refractivity contribution is 6.06. The van der Waals surface area contributed by atoms with Crippen molar-refractivity contribution < 1.29 is 9.47 Å². The van der Waals surface area contributed by atoms with Crippen LogP contribution in [0.5, 0.6) is 23.0 Å². The van der Waals surface area contributed by atoms with E-state index in [1.165, 1.54) is 66.4 Å². The van der Waals surface area contributed by atoms with E-state index in [0.717, 1.165) is 62.3 Å². The van der Waals surface area contributed by atoms with Crippen LogP contribution >= 0.6 is 0 Å². The molecule has 2 aliphatic carbocycles. The first-order chi connectivity index (χ1) is 34.2. The van der Waals surface area contributed by atoms with Crippen LogP contribution in [0.1, 0.15) is 44.5 Å². The van der Waals surface area contributed by atoms with E-state index < -0.39 is 10.8 Å². The van der Waals surface area contributed by atoms with Crippen molar-refractivity contribution in [3.63, 3.8) is 0 Å². The highest BCUT2D eigenvalue weighted by Gasteiger charge is 2.53. The van der Waals surface area contributed by atoms with Gasteiger partial charge < -0.3 is 14.4 Å². The fourth-order valence-corrected chi connectivity index (χ4v) is 12.7. The Bertz CT molecular complexity index is 3830. The summed E-state index contributed by atoms with van der Waals surface area (Å²) in [6, 6.07) is 91.0. The molecule has 0 amide bonds. The molecule has 3 heteroatoms. The normalized spacial score (nSPS) is 14.3. The average Bonchev–Trinajstić information content (AvgIpc) is 3.88. The van der Waals surface area contributed by atoms with Crippen molar-refractivity contribution >= 4 is 27.8 Å². The lowest BCUT2D eigenvalue weighted by atomic mass is 9.66. The first-order valence-electron chi connectivity index (χ1n) is 23.8. The van der Waals surface area contributed by atoms with Gasteiger partial charge in [-0.05, 0) is 115 Å². The molecule has 2 aliphatic heterocycles. The number of anilines is 3. The lowest BCUT2D eigenvalue weighted by Crippen LogP contribution is -2.32. The summed E-state index contributed by atoms with van der Waals surface area (Å²) in [7, 11) is 0. The zero-order chi connectivity index (χ0) is 45.3. The Morgan fingerprint density at radius 1 is 0.290 bits per heavy atom. The third-order valence-electron chi connectivity index (χ3n) is 15.4. The number of benzene rings is 11. The first kappa shape index (κ1) is 38.2. The van der Waals surface area contributed by atoms with Gasteiger partial charge in [-0.25, -0.2) is 0 Å². The van der Waals surface area contributed by atoms with Crippen LogP contribution in [-0.4, -0.2) is 0 Å². The van der Waals surface area contributed by atoms with E-state index in [1.807, 2.05) is 0 Å². The third kappa shape index (κ3) is 5.06. The average molecular weight is 880 g/mol. The zero-order valence-corrected chi connectivity index (χ0v) is 37.4. The highest BCUT2D eigenvalue weighted by atomic mass is 16.5. The fourth-order valence-electron chi connectivity index (χ4n) is 12.7. The minimum Gasteiger partial charge on any atom is -0.457 e. The van der Waals surface area contributed by atoms with Crippen molar-refractivity contribution in [3.05, 3.63) is 293 Å². The molecule has 69 heavy (non-hydrogen) atoms. The van der Waals surface area contributed by atoms with Gasteiger partial charge in [-0.1, -0.05) is 194 Å². The van der Waals surface area contributed by atoms with E-state index in [1.54, 1.807) is 0 Å². The molecule has 4 aliphatic rings. The number of nitrogens with zero attached hydrogens (tertiary/aromatic N) is 1. The fraction of sp³-hybridized carbons (Fsp3) is 0.0303. The van der Waals surface area contributed by atoms with Gasteiger partial charge >= 0.3 is 0 Å². The second-order valence-electron chi connectivity index (χ2n) is 18.6. The quantitative estimate of drug-likeness (QED) is 0.176. The third-order valence-corrected chi connectivity index (χ3v) is 15.4. The van der Waals surface area contributed by atoms with Crippen molar-refractivity contribution in [2.24, 2.45) is 0 Å². The molecular weight excluding hydrogens is 839 g/mol. The molecule has 3 nitrogen and oxygen atoms in total. The van der Waals surface area contributed by atoms with Crippen LogP contribution in [0.4, 0.5) is 17.1 Å². The summed E-state index contributed by atoms with van der Waals surface area (Å²) in [5, 5.41) is 2.45. The second-order valence-corrected chi connectivity index (χ2v) is 18.6. The topological polar surface area (TPSA) is 21.7 Å². The van der Waals surface area contributed by atoms with Crippen molar-refractivity contribution in [3.8, 4) is 56.4 Å². The number of ether oxygens (including phenoxy) is 2. The lowest BCUT2D eigenvalue weighted by molar-refractivity contribution is 0.436. The summed E-state index contributed by atoms with van der Waals surface area (Å²) >= 11 is 0. The van der Waals surface area contributed by atoms with E-state index in [-0.39, 0.29) is 0 Å². The van der Waals surface area contributed by atoms with Crippen LogP contribution in [0.25, 0.3) is 44.2 Å². The van der Waals surface area contributed by atoms with E-state index in [2.05, 4.69) is 254 Å². The van der Waals surface area contributed by atoms with Crippen LogP contribution in [0.15, 0.2) is 249 Å². The van der Waals surface area contributed by atoms with Crippen molar-refractivity contribution in [2.45, 2.75) is 10.8 Å². The van der Waals surface area contributed by atoms with Crippen molar-refractivity contribution in [1.82, 2.24) is 0 Å². The maximum atomic E-state index is 6.75. The van der Waals surface area contributed by atoms with Crippen LogP contribution in [0, 0.1) is 0 Å². The number of para-hydroxylation sites is 4. The molecule has 322 valence electrons. The van der Waals surface area contributed by atoms with Gasteiger partial charge in [-0.2, -0.15) is 0 Å². The maximum absolute atomic E-state index is 6.75. The molecule has 0 radical (unpaired) electrons. The van der Waals surface area contributed by atoms with Gasteiger partial charge in [-0.3, -0.25) is 0 Å². The number of rotatable bonds is 4. The van der Waals surface area contributed by atoms with Crippen LogP contribution < -0.4 is 14.4 Å². The smallest absolute Gasteiger partial charge is 0.132 e. The van der Waals surface area contributed by atoms with E-state index in [9.17, 15) is 0 Å². The summed E-state index contributed by atoms with van der Waals surface area (Å²) in [5.74, 6) is 3.53. The van der Waals surface area contributed by atoms with E-state index in [4.69, 9.17) is 9.47 Å². The predicted molar refractivity (Wildman–Crippen MR) is 279 cm³/mol. The summed E-state index contributed by atoms with van der Waals surface area (Å²) in [5.41, 5.74) is 18.9. The van der Waals surface area contributed by atoms with E-state index >= 15 is 0 Å². The van der Waals surface area contributed by atoms with Gasteiger partial charge in [0.2, 0.25) is 0 Å². The zero-order valence-electron chi connectivity index (χ0n) is 37.4. The summed E-state index contributed by atoms with van der Waals surface area (Å²) in [6.45, 7) is 0. The SMILES string of the molecule is c1ccc(-c2ccc(N(c3ccc4c(c3)-c3c(ccc5ccccc35)C43c4ccccc4Oc4ccccc43)c3cccc4c3-c3ccccc3C43c4ccccc4Oc4ccccc43)cc2)cc1. The largest absolute Gasteiger partial charge is 0.457 e. The molecule has 15 rings (SSSR count). The molecule has 0 bridgehead atoms. The minimum atomic E-state index is -0.609. The lowest BCUT2D eigenvalue weighted by Gasteiger charge is -2.39. The number of hydrogen-bond acceptors (Lipinski definition) is 3. The Hall–Kier alpha value is -8.92. The molecule has 0 aromatic heterocycles. The van der Waals surface area contributed by atoms with E-state index in [0.29, 0.717) is 0 Å². The Morgan fingerprint density at radius 2 is 0.754 bits per heavy atom. The van der Waals surface area contributed by atoms with Gasteiger partial charge in [0.25, 0.3) is 0 Å². The molecule has 0 saturated carbocycles. The number of hydrogen-bond donors (Lipinski definition) is 0. The van der Waals surface area contributed by atoms with Gasteiger partial charge in [0.15, 0.2) is 0 Å². The van der Waals surface area contributed by atoms with Crippen LogP contribution in [-0.2, 0) is 10.8 Å². The number of fused-ring (bicyclic) bond motifs is 20. The van der Waals surface area contributed by atoms with Crippen LogP contribution in [0.3, 0.4) is 0 Å². The highest BCUT2D eigenvalue weighted by Crippen LogP contribution is 2.66. The monoisotopic (exact) mass is 879 g/mol. The summed E-state index contributed by atoms with van der Waals surface area (Å²) in [6.07, 6.45) is 0.